The Kier molecular flexibility index (Phi) is 11.1. The van der Waals surface area contributed by atoms with Crippen molar-refractivity contribution in [2.24, 2.45) is 17.8 Å². The fourth-order valence-corrected chi connectivity index (χ4v) is 6.87. The number of fused-ring (bicyclic) bond motifs is 4. The number of amidine groups is 1. The summed E-state index contributed by atoms with van der Waals surface area (Å²) in [5, 5.41) is 10.1. The fourth-order valence-electron chi connectivity index (χ4n) is 6.87. The SMILES string of the molecule is CC1C(C)C2c3ccccc3N(c3ccccc3)C2C1C.[CH3-].[Cl][Ti][Cl].[N-]=C1c2ccccc2CN1c1c(F)cccc1F. The van der Waals surface area contributed by atoms with E-state index in [4.69, 9.17) is 18.6 Å². The van der Waals surface area contributed by atoms with Crippen molar-refractivity contribution in [1.29, 1.82) is 0 Å². The van der Waals surface area contributed by atoms with Crippen LogP contribution in [0.25, 0.3) is 5.41 Å². The molecule has 0 spiro atoms. The quantitative estimate of drug-likeness (QED) is 0.159. The molecule has 8 heteroatoms. The molecule has 1 fully saturated rings. The minimum Gasteiger partial charge on any atom is -0.464 e. The van der Waals surface area contributed by atoms with E-state index < -0.39 is 28.7 Å². The van der Waals surface area contributed by atoms with Crippen LogP contribution in [0, 0.1) is 36.8 Å². The van der Waals surface area contributed by atoms with Crippen molar-refractivity contribution in [2.45, 2.75) is 39.3 Å². The van der Waals surface area contributed by atoms with Gasteiger partial charge in [0.15, 0.2) is 0 Å². The van der Waals surface area contributed by atoms with Gasteiger partial charge >= 0.3 is 35.6 Å². The standard InChI is InChI=1S/C20H23N.C14H9F2N2.CH3.2ClH.Ti/c1-13-14(2)19-17-11-7-8-12-18(17)21(20(19)15(13)3)16-9-5-4-6-10-16;15-11-6-3-7-12(16)13(11)18-8-9-4-1-2-5-10(9)14(18)17;;;;/h4-15,19-20H,1-3H3;1-7H,8H2;1H3;2*1H;/q;2*-1;;;+2/p-2. The van der Waals surface area contributed by atoms with E-state index in [2.05, 4.69) is 80.3 Å². The average Bonchev–Trinajstić information content (AvgIpc) is 3.59. The molecule has 0 radical (unpaired) electrons. The number of para-hydroxylation sites is 3. The Bertz CT molecular complexity index is 1530. The third kappa shape index (κ3) is 6.28. The van der Waals surface area contributed by atoms with Gasteiger partial charge in [-0.15, -0.1) is 0 Å². The fraction of sp³-hybridized carbons (Fsp3) is 0.257. The summed E-state index contributed by atoms with van der Waals surface area (Å²) in [4.78, 5) is 3.85. The summed E-state index contributed by atoms with van der Waals surface area (Å²) in [7, 11) is 9.78. The molecule has 0 N–H and O–H groups in total. The molecule has 43 heavy (non-hydrogen) atoms. The van der Waals surface area contributed by atoms with Gasteiger partial charge in [0.1, 0.15) is 11.6 Å². The van der Waals surface area contributed by atoms with E-state index in [0.29, 0.717) is 17.5 Å². The van der Waals surface area contributed by atoms with Crippen molar-refractivity contribution in [1.82, 2.24) is 0 Å². The molecular weight excluding hydrogens is 619 g/mol. The van der Waals surface area contributed by atoms with Crippen molar-refractivity contribution < 1.29 is 25.8 Å². The largest absolute Gasteiger partial charge is 0.464 e. The molecule has 224 valence electrons. The maximum Gasteiger partial charge on any atom is 0.129 e. The zero-order valence-corrected chi connectivity index (χ0v) is 27.8. The van der Waals surface area contributed by atoms with Crippen molar-refractivity contribution in [2.75, 3.05) is 9.80 Å². The number of hydrogen-bond donors (Lipinski definition) is 0. The normalized spacial score (nSPS) is 22.7. The van der Waals surface area contributed by atoms with Gasteiger partial charge in [0.25, 0.3) is 0 Å². The van der Waals surface area contributed by atoms with Crippen LogP contribution < -0.4 is 9.80 Å². The van der Waals surface area contributed by atoms with E-state index in [1.54, 1.807) is 17.7 Å². The number of hydrogen-bond acceptors (Lipinski definition) is 1. The van der Waals surface area contributed by atoms with E-state index in [0.717, 1.165) is 23.3 Å². The van der Waals surface area contributed by atoms with Crippen molar-refractivity contribution in [3.05, 3.63) is 138 Å². The molecular formula is C35H35Cl2F2N3Ti-2. The molecule has 4 aromatic rings. The molecule has 0 saturated heterocycles. The zero-order chi connectivity index (χ0) is 30.0. The maximum absolute atomic E-state index is 13.7. The van der Waals surface area contributed by atoms with Crippen molar-refractivity contribution >= 4 is 41.5 Å². The minimum atomic E-state index is -0.686. The first-order chi connectivity index (χ1) is 20.3. The summed E-state index contributed by atoms with van der Waals surface area (Å²) in [6, 6.07) is 31.3. The van der Waals surface area contributed by atoms with Crippen molar-refractivity contribution in [3.8, 4) is 0 Å². The Hall–Kier alpha value is -2.70. The van der Waals surface area contributed by atoms with Gasteiger partial charge < -0.3 is 22.6 Å². The molecule has 1 aliphatic carbocycles. The van der Waals surface area contributed by atoms with Crippen LogP contribution in [0.5, 0.6) is 0 Å². The molecule has 1 saturated carbocycles. The predicted molar refractivity (Wildman–Crippen MR) is 174 cm³/mol. The Morgan fingerprint density at radius 2 is 1.33 bits per heavy atom. The third-order valence-electron chi connectivity index (χ3n) is 9.07. The van der Waals surface area contributed by atoms with Crippen LogP contribution >= 0.6 is 18.6 Å². The van der Waals surface area contributed by atoms with E-state index in [1.165, 1.54) is 34.5 Å². The molecule has 2 aliphatic heterocycles. The monoisotopic (exact) mass is 653 g/mol. The second-order valence-corrected chi connectivity index (χ2v) is 13.6. The average molecular weight is 654 g/mol. The predicted octanol–water partition coefficient (Wildman–Crippen LogP) is 10.3. The Morgan fingerprint density at radius 1 is 0.744 bits per heavy atom. The number of halogens is 4. The number of rotatable bonds is 2. The molecule has 0 bridgehead atoms. The van der Waals surface area contributed by atoms with Crippen LogP contribution in [0.4, 0.5) is 25.8 Å². The van der Waals surface area contributed by atoms with E-state index in [-0.39, 0.29) is 25.5 Å². The Labute approximate surface area is 271 Å². The van der Waals surface area contributed by atoms with Crippen LogP contribution in [0.1, 0.15) is 43.4 Å². The zero-order valence-electron chi connectivity index (χ0n) is 24.7. The molecule has 2 heterocycles. The Morgan fingerprint density at radius 3 is 1.98 bits per heavy atom. The Balaban J connectivity index is 0.000000179. The first-order valence-electron chi connectivity index (χ1n) is 14.0. The topological polar surface area (TPSA) is 28.8 Å². The van der Waals surface area contributed by atoms with Gasteiger partial charge in [-0.2, -0.15) is 0 Å². The number of benzene rings is 4. The summed E-state index contributed by atoms with van der Waals surface area (Å²) >= 11 is -0.556. The summed E-state index contributed by atoms with van der Waals surface area (Å²) in [5.74, 6) is 1.43. The molecule has 3 nitrogen and oxygen atoms in total. The van der Waals surface area contributed by atoms with Gasteiger partial charge in [0.05, 0.1) is 0 Å². The van der Waals surface area contributed by atoms with Crippen LogP contribution in [0.2, 0.25) is 0 Å². The summed E-state index contributed by atoms with van der Waals surface area (Å²) < 4.78 is 27.4. The van der Waals surface area contributed by atoms with E-state index in [9.17, 15) is 14.2 Å². The van der Waals surface area contributed by atoms with Crippen LogP contribution in [-0.2, 0) is 23.6 Å². The van der Waals surface area contributed by atoms with Gasteiger partial charge in [-0.1, -0.05) is 93.3 Å². The first-order valence-corrected chi connectivity index (χ1v) is 18.3. The second kappa shape index (κ2) is 14.4. The summed E-state index contributed by atoms with van der Waals surface area (Å²) in [6.45, 7) is 7.57. The van der Waals surface area contributed by atoms with Gasteiger partial charge in [0, 0.05) is 29.0 Å². The maximum atomic E-state index is 13.7. The molecule has 4 aromatic carbocycles. The van der Waals surface area contributed by atoms with Crippen LogP contribution in [0.15, 0.2) is 97.1 Å². The van der Waals surface area contributed by atoms with E-state index >= 15 is 0 Å². The van der Waals surface area contributed by atoms with Gasteiger partial charge in [-0.3, -0.25) is 0 Å². The van der Waals surface area contributed by atoms with E-state index in [1.807, 2.05) is 12.1 Å². The molecule has 5 atom stereocenters. The summed E-state index contributed by atoms with van der Waals surface area (Å²) in [5.41, 5.74) is 5.55. The number of anilines is 3. The smallest absolute Gasteiger partial charge is 0.129 e. The first kappa shape index (κ1) is 33.2. The van der Waals surface area contributed by atoms with Crippen LogP contribution in [0.3, 0.4) is 0 Å². The molecule has 7 rings (SSSR count). The van der Waals surface area contributed by atoms with Gasteiger partial charge in [-0.05, 0) is 71.3 Å². The summed E-state index contributed by atoms with van der Waals surface area (Å²) in [6.07, 6.45) is 0. The number of nitrogens with zero attached hydrogens (tertiary/aromatic N) is 3. The second-order valence-electron chi connectivity index (χ2n) is 11.1. The molecule has 0 aromatic heterocycles. The molecule has 5 unspecified atom stereocenters. The minimum absolute atomic E-state index is 0. The third-order valence-corrected chi connectivity index (χ3v) is 9.07. The molecule has 0 amide bonds. The van der Waals surface area contributed by atoms with Crippen molar-refractivity contribution in [3.63, 3.8) is 0 Å². The van der Waals surface area contributed by atoms with Gasteiger partial charge in [-0.25, -0.2) is 8.78 Å². The molecule has 3 aliphatic rings. The van der Waals surface area contributed by atoms with Crippen LogP contribution in [-0.4, -0.2) is 11.9 Å². The van der Waals surface area contributed by atoms with Gasteiger partial charge in [0.2, 0.25) is 0 Å².